The zero-order valence-electron chi connectivity index (χ0n) is 10.6. The summed E-state index contributed by atoms with van der Waals surface area (Å²) in [5.41, 5.74) is 1.23. The molecule has 0 radical (unpaired) electrons. The normalized spacial score (nSPS) is 9.74. The predicted molar refractivity (Wildman–Crippen MR) is 70.1 cm³/mol. The van der Waals surface area contributed by atoms with E-state index in [0.29, 0.717) is 17.7 Å². The van der Waals surface area contributed by atoms with E-state index in [1.807, 2.05) is 0 Å². The summed E-state index contributed by atoms with van der Waals surface area (Å²) in [6.45, 7) is 1.75. The molecule has 0 saturated heterocycles. The third-order valence-corrected chi connectivity index (χ3v) is 2.33. The first kappa shape index (κ1) is 14.7. The molecular weight excluding hydrogens is 248 g/mol. The number of anilines is 1. The lowest BCUT2D eigenvalue weighted by Crippen LogP contribution is -2.30. The largest absolute Gasteiger partial charge is 0.481 e. The van der Waals surface area contributed by atoms with E-state index in [0.717, 1.165) is 0 Å². The van der Waals surface area contributed by atoms with E-state index >= 15 is 0 Å². The Morgan fingerprint density at radius 2 is 1.79 bits per heavy atom. The van der Waals surface area contributed by atoms with Gasteiger partial charge in [-0.15, -0.1) is 0 Å². The smallest absolute Gasteiger partial charge is 0.319 e. The van der Waals surface area contributed by atoms with Crippen molar-refractivity contribution in [2.45, 2.75) is 19.8 Å². The molecule has 102 valence electrons. The lowest BCUT2D eigenvalue weighted by molar-refractivity contribution is -0.136. The molecule has 1 rings (SSSR count). The highest BCUT2D eigenvalue weighted by molar-refractivity contribution is 5.89. The van der Waals surface area contributed by atoms with Crippen molar-refractivity contribution in [3.63, 3.8) is 0 Å². The molecule has 0 aromatic heterocycles. The average molecular weight is 264 g/mol. The van der Waals surface area contributed by atoms with Gasteiger partial charge in [0.2, 0.25) is 0 Å². The van der Waals surface area contributed by atoms with Crippen molar-refractivity contribution >= 4 is 23.5 Å². The molecule has 6 heteroatoms. The SMILES string of the molecule is CC(=O)CCNC(=O)Nc1ccc(CC(=O)O)cc1. The first-order valence-corrected chi connectivity index (χ1v) is 5.82. The molecule has 0 fully saturated rings. The average Bonchev–Trinajstić information content (AvgIpc) is 2.30. The van der Waals surface area contributed by atoms with Crippen LogP contribution in [0.25, 0.3) is 0 Å². The molecule has 0 spiro atoms. The Kier molecular flexibility index (Phi) is 5.53. The molecule has 1 aromatic rings. The summed E-state index contributed by atoms with van der Waals surface area (Å²) in [6.07, 6.45) is 0.246. The van der Waals surface area contributed by atoms with Gasteiger partial charge in [0.25, 0.3) is 0 Å². The molecule has 0 atom stereocenters. The number of carbonyl (C=O) groups is 3. The number of amides is 2. The number of nitrogens with one attached hydrogen (secondary N) is 2. The van der Waals surface area contributed by atoms with Gasteiger partial charge in [0, 0.05) is 18.7 Å². The molecule has 6 nitrogen and oxygen atoms in total. The zero-order chi connectivity index (χ0) is 14.3. The Labute approximate surface area is 110 Å². The molecule has 0 aliphatic heterocycles. The van der Waals surface area contributed by atoms with Gasteiger partial charge >= 0.3 is 12.0 Å². The van der Waals surface area contributed by atoms with E-state index in [-0.39, 0.29) is 18.7 Å². The van der Waals surface area contributed by atoms with E-state index in [1.54, 1.807) is 24.3 Å². The van der Waals surface area contributed by atoms with Crippen LogP contribution < -0.4 is 10.6 Å². The molecule has 0 aliphatic rings. The quantitative estimate of drug-likeness (QED) is 0.724. The lowest BCUT2D eigenvalue weighted by atomic mass is 10.1. The van der Waals surface area contributed by atoms with Crippen molar-refractivity contribution < 1.29 is 19.5 Å². The summed E-state index contributed by atoms with van der Waals surface area (Å²) >= 11 is 0. The van der Waals surface area contributed by atoms with Crippen LogP contribution >= 0.6 is 0 Å². The van der Waals surface area contributed by atoms with Crippen LogP contribution in [0.3, 0.4) is 0 Å². The standard InChI is InChI=1S/C13H16N2O4/c1-9(16)6-7-14-13(19)15-11-4-2-10(3-5-11)8-12(17)18/h2-5H,6-8H2,1H3,(H,17,18)(H2,14,15,19). The zero-order valence-corrected chi connectivity index (χ0v) is 10.6. The molecule has 0 bridgehead atoms. The van der Waals surface area contributed by atoms with Crippen molar-refractivity contribution in [1.82, 2.24) is 5.32 Å². The summed E-state index contributed by atoms with van der Waals surface area (Å²) in [5.74, 6) is -0.888. The fraction of sp³-hybridized carbons (Fsp3) is 0.308. The van der Waals surface area contributed by atoms with Crippen LogP contribution in [0.4, 0.5) is 10.5 Å². The van der Waals surface area contributed by atoms with E-state index in [4.69, 9.17) is 5.11 Å². The fourth-order valence-corrected chi connectivity index (χ4v) is 1.41. The number of carbonyl (C=O) groups excluding carboxylic acids is 2. The Hall–Kier alpha value is -2.37. The van der Waals surface area contributed by atoms with Crippen molar-refractivity contribution in [2.24, 2.45) is 0 Å². The second-order valence-corrected chi connectivity index (χ2v) is 4.10. The number of benzene rings is 1. The number of carboxylic acids is 1. The van der Waals surface area contributed by atoms with Gasteiger partial charge < -0.3 is 15.7 Å². The summed E-state index contributed by atoms with van der Waals surface area (Å²) < 4.78 is 0. The number of aliphatic carboxylic acids is 1. The molecule has 0 heterocycles. The number of ketones is 1. The maximum atomic E-state index is 11.4. The summed E-state index contributed by atoms with van der Waals surface area (Å²) in [6, 6.07) is 6.14. The summed E-state index contributed by atoms with van der Waals surface area (Å²) in [4.78, 5) is 32.6. The fourth-order valence-electron chi connectivity index (χ4n) is 1.41. The molecule has 1 aromatic carbocycles. The third-order valence-electron chi connectivity index (χ3n) is 2.33. The molecule has 2 amide bonds. The van der Waals surface area contributed by atoms with Crippen molar-refractivity contribution in [3.05, 3.63) is 29.8 Å². The minimum Gasteiger partial charge on any atom is -0.481 e. The van der Waals surface area contributed by atoms with Gasteiger partial charge in [-0.05, 0) is 24.6 Å². The highest BCUT2D eigenvalue weighted by Gasteiger charge is 2.03. The Morgan fingerprint density at radius 3 is 2.32 bits per heavy atom. The second kappa shape index (κ2) is 7.15. The van der Waals surface area contributed by atoms with Crippen molar-refractivity contribution in [2.75, 3.05) is 11.9 Å². The topological polar surface area (TPSA) is 95.5 Å². The van der Waals surface area contributed by atoms with Crippen molar-refractivity contribution in [1.29, 1.82) is 0 Å². The van der Waals surface area contributed by atoms with Crippen LogP contribution in [0, 0.1) is 0 Å². The van der Waals surface area contributed by atoms with Crippen LogP contribution in [-0.4, -0.2) is 29.4 Å². The minimum absolute atomic E-state index is 0.0123. The lowest BCUT2D eigenvalue weighted by Gasteiger charge is -2.07. The number of Topliss-reactive ketones (excluding diaryl/α,β-unsaturated/α-hetero) is 1. The maximum Gasteiger partial charge on any atom is 0.319 e. The maximum absolute atomic E-state index is 11.4. The highest BCUT2D eigenvalue weighted by atomic mass is 16.4. The van der Waals surface area contributed by atoms with Crippen molar-refractivity contribution in [3.8, 4) is 0 Å². The number of carboxylic acid groups (broad SMARTS) is 1. The number of urea groups is 1. The Balaban J connectivity index is 2.42. The van der Waals surface area contributed by atoms with Crippen LogP contribution in [0.15, 0.2) is 24.3 Å². The van der Waals surface area contributed by atoms with E-state index in [1.165, 1.54) is 6.92 Å². The van der Waals surface area contributed by atoms with Gasteiger partial charge in [-0.1, -0.05) is 12.1 Å². The van der Waals surface area contributed by atoms with Gasteiger partial charge in [-0.3, -0.25) is 9.59 Å². The first-order valence-electron chi connectivity index (χ1n) is 5.82. The van der Waals surface area contributed by atoms with Gasteiger partial charge in [-0.25, -0.2) is 4.79 Å². The molecule has 3 N–H and O–H groups in total. The first-order chi connectivity index (χ1) is 8.97. The van der Waals surface area contributed by atoms with E-state index in [2.05, 4.69) is 10.6 Å². The Morgan fingerprint density at radius 1 is 1.16 bits per heavy atom. The molecule has 19 heavy (non-hydrogen) atoms. The predicted octanol–water partition coefficient (Wildman–Crippen LogP) is 1.41. The number of rotatable bonds is 6. The summed E-state index contributed by atoms with van der Waals surface area (Å²) in [7, 11) is 0. The molecular formula is C13H16N2O4. The number of hydrogen-bond donors (Lipinski definition) is 3. The van der Waals surface area contributed by atoms with Crippen LogP contribution in [0.1, 0.15) is 18.9 Å². The third kappa shape index (κ3) is 6.21. The minimum atomic E-state index is -0.900. The monoisotopic (exact) mass is 264 g/mol. The Bertz CT molecular complexity index is 468. The summed E-state index contributed by atoms with van der Waals surface area (Å²) in [5, 5.41) is 13.7. The van der Waals surface area contributed by atoms with Crippen LogP contribution in [-0.2, 0) is 16.0 Å². The van der Waals surface area contributed by atoms with E-state index in [9.17, 15) is 14.4 Å². The van der Waals surface area contributed by atoms with Gasteiger partial charge in [-0.2, -0.15) is 0 Å². The van der Waals surface area contributed by atoms with Gasteiger partial charge in [0.1, 0.15) is 5.78 Å². The highest BCUT2D eigenvalue weighted by Crippen LogP contribution is 2.09. The van der Waals surface area contributed by atoms with Crippen LogP contribution in [0.2, 0.25) is 0 Å². The molecule has 0 aliphatic carbocycles. The second-order valence-electron chi connectivity index (χ2n) is 4.10. The van der Waals surface area contributed by atoms with Crippen LogP contribution in [0.5, 0.6) is 0 Å². The number of hydrogen-bond acceptors (Lipinski definition) is 3. The molecule has 0 unspecified atom stereocenters. The van der Waals surface area contributed by atoms with Gasteiger partial charge in [0.15, 0.2) is 0 Å². The van der Waals surface area contributed by atoms with Gasteiger partial charge in [0.05, 0.1) is 6.42 Å². The molecule has 0 saturated carbocycles. The van der Waals surface area contributed by atoms with E-state index < -0.39 is 12.0 Å².